The van der Waals surface area contributed by atoms with E-state index in [4.69, 9.17) is 9.52 Å². The molecule has 1 saturated heterocycles. The molecule has 0 bridgehead atoms. The van der Waals surface area contributed by atoms with Crippen molar-refractivity contribution in [1.29, 1.82) is 0 Å². The molecule has 2 heterocycles. The van der Waals surface area contributed by atoms with Gasteiger partial charge >= 0.3 is 5.97 Å². The molecule has 1 amide bonds. The predicted molar refractivity (Wildman–Crippen MR) is 70.0 cm³/mol. The molecule has 1 aliphatic heterocycles. The number of aromatic nitrogens is 1. The summed E-state index contributed by atoms with van der Waals surface area (Å²) < 4.78 is 5.64. The maximum atomic E-state index is 11.4. The molecule has 0 spiro atoms. The highest BCUT2D eigenvalue weighted by atomic mass is 16.4. The normalized spacial score (nSPS) is 20.8. The first-order valence-corrected chi connectivity index (χ1v) is 6.46. The predicted octanol–water partition coefficient (Wildman–Crippen LogP) is 0.357. The minimum Gasteiger partial charge on any atom is -0.480 e. The Kier molecular flexibility index (Phi) is 3.80. The van der Waals surface area contributed by atoms with Crippen LogP contribution in [0.1, 0.15) is 32.4 Å². The summed E-state index contributed by atoms with van der Waals surface area (Å²) in [5, 5.41) is 11.7. The third-order valence-electron chi connectivity index (χ3n) is 3.20. The molecule has 7 nitrogen and oxygen atoms in total. The lowest BCUT2D eigenvalue weighted by Crippen LogP contribution is -2.56. The second kappa shape index (κ2) is 5.24. The lowest BCUT2D eigenvalue weighted by atomic mass is 9.94. The van der Waals surface area contributed by atoms with Crippen molar-refractivity contribution in [3.8, 4) is 0 Å². The summed E-state index contributed by atoms with van der Waals surface area (Å²) in [5.41, 5.74) is -0.156. The van der Waals surface area contributed by atoms with Crippen LogP contribution in [0.15, 0.2) is 10.6 Å². The second-order valence-electron chi connectivity index (χ2n) is 5.93. The minimum absolute atomic E-state index is 0.0319. The number of aliphatic carboxylic acids is 1. The third kappa shape index (κ3) is 3.16. The van der Waals surface area contributed by atoms with E-state index in [0.29, 0.717) is 5.89 Å². The number of rotatable bonds is 3. The Morgan fingerprint density at radius 1 is 1.60 bits per heavy atom. The fourth-order valence-corrected chi connectivity index (χ4v) is 2.00. The van der Waals surface area contributed by atoms with Gasteiger partial charge in [-0.3, -0.25) is 14.5 Å². The average molecular weight is 281 g/mol. The summed E-state index contributed by atoms with van der Waals surface area (Å²) in [6, 6.07) is -0.752. The molecule has 0 aliphatic carbocycles. The van der Waals surface area contributed by atoms with Crippen molar-refractivity contribution in [2.24, 2.45) is 0 Å². The Labute approximate surface area is 117 Å². The van der Waals surface area contributed by atoms with Gasteiger partial charge in [-0.05, 0) is 0 Å². The highest BCUT2D eigenvalue weighted by molar-refractivity contribution is 5.83. The van der Waals surface area contributed by atoms with Crippen molar-refractivity contribution in [2.75, 3.05) is 13.1 Å². The van der Waals surface area contributed by atoms with E-state index in [2.05, 4.69) is 10.3 Å². The molecule has 2 N–H and O–H groups in total. The van der Waals surface area contributed by atoms with Crippen LogP contribution >= 0.6 is 0 Å². The summed E-state index contributed by atoms with van der Waals surface area (Å²) in [6.45, 7) is 6.36. The first-order chi connectivity index (χ1) is 9.27. The van der Waals surface area contributed by atoms with Gasteiger partial charge in [0.2, 0.25) is 11.8 Å². The monoisotopic (exact) mass is 281 g/mol. The van der Waals surface area contributed by atoms with Crippen molar-refractivity contribution >= 4 is 11.9 Å². The number of carbonyl (C=O) groups is 2. The van der Waals surface area contributed by atoms with Gasteiger partial charge in [-0.15, -0.1) is 0 Å². The van der Waals surface area contributed by atoms with Crippen LogP contribution in [0.2, 0.25) is 0 Å². The number of carboxylic acid groups (broad SMARTS) is 1. The number of amides is 1. The Hall–Kier alpha value is -1.89. The van der Waals surface area contributed by atoms with Crippen molar-refractivity contribution in [3.05, 3.63) is 17.8 Å². The van der Waals surface area contributed by atoms with Gasteiger partial charge in [0, 0.05) is 12.0 Å². The average Bonchev–Trinajstić information content (AvgIpc) is 2.76. The first kappa shape index (κ1) is 14.5. The zero-order chi connectivity index (χ0) is 14.9. The topological polar surface area (TPSA) is 95.7 Å². The number of nitrogens with one attached hydrogen (secondary N) is 1. The molecular weight excluding hydrogens is 262 g/mol. The molecule has 0 radical (unpaired) electrons. The van der Waals surface area contributed by atoms with Crippen LogP contribution in [0.5, 0.6) is 0 Å². The fourth-order valence-electron chi connectivity index (χ4n) is 2.00. The van der Waals surface area contributed by atoms with Crippen LogP contribution < -0.4 is 5.32 Å². The van der Waals surface area contributed by atoms with Crippen molar-refractivity contribution < 1.29 is 19.1 Å². The summed E-state index contributed by atoms with van der Waals surface area (Å²) in [5.74, 6) is 0.00872. The zero-order valence-electron chi connectivity index (χ0n) is 11.8. The molecule has 2 rings (SSSR count). The number of nitrogens with zero attached hydrogens (tertiary/aromatic N) is 2. The molecule has 1 atom stereocenters. The van der Waals surface area contributed by atoms with E-state index >= 15 is 0 Å². The van der Waals surface area contributed by atoms with Crippen molar-refractivity contribution in [2.45, 2.75) is 38.8 Å². The lowest BCUT2D eigenvalue weighted by Gasteiger charge is -2.31. The van der Waals surface area contributed by atoms with E-state index in [1.807, 2.05) is 20.8 Å². The van der Waals surface area contributed by atoms with E-state index < -0.39 is 12.0 Å². The number of carbonyl (C=O) groups excluding carboxylic acids is 1. The summed E-state index contributed by atoms with van der Waals surface area (Å²) in [4.78, 5) is 28.3. The Balaban J connectivity index is 2.12. The SMILES string of the molecule is CC(C)(C)c1cnc(CN2CC(=O)NCC2C(=O)O)o1. The summed E-state index contributed by atoms with van der Waals surface area (Å²) in [7, 11) is 0. The molecule has 7 heteroatoms. The first-order valence-electron chi connectivity index (χ1n) is 6.46. The van der Waals surface area contributed by atoms with Crippen LogP contribution in [-0.4, -0.2) is 46.0 Å². The molecule has 110 valence electrons. The van der Waals surface area contributed by atoms with Crippen LogP contribution in [0.25, 0.3) is 0 Å². The van der Waals surface area contributed by atoms with Gasteiger partial charge in [0.15, 0.2) is 0 Å². The number of piperazine rings is 1. The molecule has 0 aromatic carbocycles. The van der Waals surface area contributed by atoms with Gasteiger partial charge in [0.1, 0.15) is 11.8 Å². The molecule has 1 fully saturated rings. The minimum atomic E-state index is -0.965. The Morgan fingerprint density at radius 2 is 2.30 bits per heavy atom. The maximum absolute atomic E-state index is 11.4. The summed E-state index contributed by atoms with van der Waals surface area (Å²) >= 11 is 0. The van der Waals surface area contributed by atoms with E-state index in [1.165, 1.54) is 0 Å². The molecule has 1 unspecified atom stereocenters. The van der Waals surface area contributed by atoms with Gasteiger partial charge in [0.25, 0.3) is 0 Å². The van der Waals surface area contributed by atoms with Gasteiger partial charge < -0.3 is 14.8 Å². The van der Waals surface area contributed by atoms with Gasteiger partial charge in [0.05, 0.1) is 19.3 Å². The third-order valence-corrected chi connectivity index (χ3v) is 3.20. The van der Waals surface area contributed by atoms with Gasteiger partial charge in [-0.2, -0.15) is 0 Å². The molecular formula is C13H19N3O4. The number of hydrogen-bond acceptors (Lipinski definition) is 5. The summed E-state index contributed by atoms with van der Waals surface area (Å²) in [6.07, 6.45) is 1.65. The highest BCUT2D eigenvalue weighted by Gasteiger charge is 2.33. The molecule has 1 aromatic rings. The van der Waals surface area contributed by atoms with Crippen LogP contribution in [0, 0.1) is 0 Å². The van der Waals surface area contributed by atoms with Crippen LogP contribution in [0.3, 0.4) is 0 Å². The van der Waals surface area contributed by atoms with Gasteiger partial charge in [-0.25, -0.2) is 4.98 Å². The standard InChI is InChI=1S/C13H19N3O4/c1-13(2,3)9-5-15-11(20-9)7-16-6-10(17)14-4-8(16)12(18)19/h5,8H,4,6-7H2,1-3H3,(H,14,17)(H,18,19). The molecule has 1 aliphatic rings. The molecule has 0 saturated carbocycles. The Bertz CT molecular complexity index is 518. The quantitative estimate of drug-likeness (QED) is 0.830. The zero-order valence-corrected chi connectivity index (χ0v) is 11.8. The van der Waals surface area contributed by atoms with E-state index in [1.54, 1.807) is 11.1 Å². The van der Waals surface area contributed by atoms with E-state index in [-0.39, 0.29) is 31.0 Å². The van der Waals surface area contributed by atoms with Crippen LogP contribution in [0.4, 0.5) is 0 Å². The lowest BCUT2D eigenvalue weighted by molar-refractivity contribution is -0.146. The van der Waals surface area contributed by atoms with Gasteiger partial charge in [-0.1, -0.05) is 20.8 Å². The number of oxazole rings is 1. The molecule has 20 heavy (non-hydrogen) atoms. The van der Waals surface area contributed by atoms with Crippen molar-refractivity contribution in [3.63, 3.8) is 0 Å². The largest absolute Gasteiger partial charge is 0.480 e. The highest BCUT2D eigenvalue weighted by Crippen LogP contribution is 2.23. The van der Waals surface area contributed by atoms with E-state index in [9.17, 15) is 9.59 Å². The smallest absolute Gasteiger partial charge is 0.322 e. The number of carboxylic acids is 1. The van der Waals surface area contributed by atoms with Crippen LogP contribution in [-0.2, 0) is 21.5 Å². The second-order valence-corrected chi connectivity index (χ2v) is 5.93. The van der Waals surface area contributed by atoms with E-state index in [0.717, 1.165) is 5.76 Å². The number of hydrogen-bond donors (Lipinski definition) is 2. The Morgan fingerprint density at radius 3 is 2.85 bits per heavy atom. The van der Waals surface area contributed by atoms with Crippen molar-refractivity contribution in [1.82, 2.24) is 15.2 Å². The fraction of sp³-hybridized carbons (Fsp3) is 0.615. The maximum Gasteiger partial charge on any atom is 0.322 e. The molecule has 1 aromatic heterocycles.